The predicted octanol–water partition coefficient (Wildman–Crippen LogP) is 3.74. The van der Waals surface area contributed by atoms with Gasteiger partial charge in [-0.25, -0.2) is 4.39 Å². The third-order valence-electron chi connectivity index (χ3n) is 1.93. The molecule has 0 amide bonds. The van der Waals surface area contributed by atoms with Crippen molar-refractivity contribution in [2.45, 2.75) is 26.7 Å². The summed E-state index contributed by atoms with van der Waals surface area (Å²) < 4.78 is 13.3. The third-order valence-corrected chi connectivity index (χ3v) is 2.22. The molecule has 0 spiro atoms. The molecule has 12 heavy (non-hydrogen) atoms. The van der Waals surface area contributed by atoms with E-state index in [2.05, 4.69) is 0 Å². The van der Waals surface area contributed by atoms with Crippen molar-refractivity contribution in [2.24, 2.45) is 0 Å². The number of halogens is 2. The van der Waals surface area contributed by atoms with Crippen LogP contribution in [-0.2, 0) is 6.42 Å². The summed E-state index contributed by atoms with van der Waals surface area (Å²) in [6, 6.07) is 3.46. The minimum absolute atomic E-state index is 0.226. The number of hydrogen-bond acceptors (Lipinski definition) is 0. The monoisotopic (exact) mass is 186 g/mol. The van der Waals surface area contributed by atoms with Crippen molar-refractivity contribution in [1.82, 2.24) is 0 Å². The van der Waals surface area contributed by atoms with Crippen LogP contribution >= 0.6 is 11.6 Å². The first-order valence-electron chi connectivity index (χ1n) is 4.10. The smallest absolute Gasteiger partial charge is 0.145 e. The van der Waals surface area contributed by atoms with E-state index < -0.39 is 0 Å². The van der Waals surface area contributed by atoms with Crippen molar-refractivity contribution in [3.63, 3.8) is 0 Å². The Morgan fingerprint density at radius 3 is 2.67 bits per heavy atom. The molecular weight excluding hydrogens is 175 g/mol. The van der Waals surface area contributed by atoms with Crippen LogP contribution in [0.3, 0.4) is 0 Å². The van der Waals surface area contributed by atoms with Crippen LogP contribution in [-0.4, -0.2) is 0 Å². The van der Waals surface area contributed by atoms with Crippen LogP contribution in [0.4, 0.5) is 4.39 Å². The van der Waals surface area contributed by atoms with Gasteiger partial charge in [0.15, 0.2) is 0 Å². The predicted molar refractivity (Wildman–Crippen MR) is 50.1 cm³/mol. The summed E-state index contributed by atoms with van der Waals surface area (Å²) in [5, 5.41) is 0.226. The number of hydrogen-bond donors (Lipinski definition) is 0. The first-order chi connectivity index (χ1) is 5.66. The van der Waals surface area contributed by atoms with Crippen molar-refractivity contribution >= 4 is 11.6 Å². The molecule has 0 aliphatic rings. The number of aryl methyl sites for hydroxylation is 1. The van der Waals surface area contributed by atoms with E-state index in [1.54, 1.807) is 6.07 Å². The third kappa shape index (κ3) is 1.78. The van der Waals surface area contributed by atoms with Crippen molar-refractivity contribution in [1.29, 1.82) is 0 Å². The summed E-state index contributed by atoms with van der Waals surface area (Å²) in [5.41, 5.74) is 1.74. The van der Waals surface area contributed by atoms with Gasteiger partial charge in [0, 0.05) is 0 Å². The van der Waals surface area contributed by atoms with Crippen LogP contribution in [0.1, 0.15) is 24.5 Å². The zero-order valence-corrected chi connectivity index (χ0v) is 8.08. The van der Waals surface area contributed by atoms with Crippen LogP contribution in [0.5, 0.6) is 0 Å². The molecule has 0 saturated carbocycles. The molecule has 1 aromatic carbocycles. The van der Waals surface area contributed by atoms with Gasteiger partial charge in [-0.1, -0.05) is 31.0 Å². The van der Waals surface area contributed by atoms with Gasteiger partial charge in [0.2, 0.25) is 0 Å². The molecule has 2 heteroatoms. The SMILES string of the molecule is CCCc1c(C)ccc(Cl)c1F. The van der Waals surface area contributed by atoms with Crippen LogP contribution in [0.15, 0.2) is 12.1 Å². The van der Waals surface area contributed by atoms with E-state index in [0.29, 0.717) is 0 Å². The van der Waals surface area contributed by atoms with Gasteiger partial charge in [0.1, 0.15) is 5.82 Å². The maximum Gasteiger partial charge on any atom is 0.145 e. The summed E-state index contributed by atoms with van der Waals surface area (Å²) in [4.78, 5) is 0. The fraction of sp³-hybridized carbons (Fsp3) is 0.400. The van der Waals surface area contributed by atoms with Crippen LogP contribution in [0.25, 0.3) is 0 Å². The zero-order chi connectivity index (χ0) is 9.14. The first kappa shape index (κ1) is 9.53. The molecule has 0 aliphatic carbocycles. The Hall–Kier alpha value is -0.560. The minimum atomic E-state index is -0.251. The van der Waals surface area contributed by atoms with E-state index in [1.165, 1.54) is 0 Å². The molecular formula is C10H12ClF. The van der Waals surface area contributed by atoms with E-state index in [-0.39, 0.29) is 10.8 Å². The number of benzene rings is 1. The van der Waals surface area contributed by atoms with Crippen molar-refractivity contribution in [3.8, 4) is 0 Å². The average Bonchev–Trinajstić information content (AvgIpc) is 2.06. The Morgan fingerprint density at radius 2 is 2.08 bits per heavy atom. The van der Waals surface area contributed by atoms with Gasteiger partial charge < -0.3 is 0 Å². The lowest BCUT2D eigenvalue weighted by molar-refractivity contribution is 0.605. The van der Waals surface area contributed by atoms with Gasteiger partial charge in [0.25, 0.3) is 0 Å². The highest BCUT2D eigenvalue weighted by Gasteiger charge is 2.07. The van der Waals surface area contributed by atoms with Gasteiger partial charge >= 0.3 is 0 Å². The molecule has 0 unspecified atom stereocenters. The molecule has 1 aromatic rings. The van der Waals surface area contributed by atoms with Gasteiger partial charge in [-0.05, 0) is 30.5 Å². The molecule has 0 nitrogen and oxygen atoms in total. The molecule has 1 rings (SSSR count). The van der Waals surface area contributed by atoms with Crippen molar-refractivity contribution < 1.29 is 4.39 Å². The molecule has 0 atom stereocenters. The summed E-state index contributed by atoms with van der Waals surface area (Å²) in [6.45, 7) is 3.93. The summed E-state index contributed by atoms with van der Waals surface area (Å²) in [6.07, 6.45) is 1.70. The van der Waals surface area contributed by atoms with E-state index in [0.717, 1.165) is 24.0 Å². The van der Waals surface area contributed by atoms with E-state index in [1.807, 2.05) is 19.9 Å². The fourth-order valence-electron chi connectivity index (χ4n) is 1.25. The second kappa shape index (κ2) is 3.90. The lowest BCUT2D eigenvalue weighted by Gasteiger charge is -2.06. The molecule has 0 N–H and O–H groups in total. The molecule has 0 bridgehead atoms. The molecule has 66 valence electrons. The zero-order valence-electron chi connectivity index (χ0n) is 7.32. The lowest BCUT2D eigenvalue weighted by Crippen LogP contribution is -1.94. The van der Waals surface area contributed by atoms with E-state index in [9.17, 15) is 4.39 Å². The molecule has 0 aliphatic heterocycles. The normalized spacial score (nSPS) is 10.3. The van der Waals surface area contributed by atoms with Gasteiger partial charge in [-0.15, -0.1) is 0 Å². The highest BCUT2D eigenvalue weighted by Crippen LogP contribution is 2.22. The summed E-state index contributed by atoms with van der Waals surface area (Å²) in [7, 11) is 0. The standard InChI is InChI=1S/C10H12ClF/c1-3-4-8-7(2)5-6-9(11)10(8)12/h5-6H,3-4H2,1-2H3. The van der Waals surface area contributed by atoms with Gasteiger partial charge in [-0.2, -0.15) is 0 Å². The fourth-order valence-corrected chi connectivity index (χ4v) is 1.42. The maximum atomic E-state index is 13.3. The highest BCUT2D eigenvalue weighted by molar-refractivity contribution is 6.30. The molecule has 0 fully saturated rings. The van der Waals surface area contributed by atoms with Crippen molar-refractivity contribution in [2.75, 3.05) is 0 Å². The Kier molecular flexibility index (Phi) is 3.10. The highest BCUT2D eigenvalue weighted by atomic mass is 35.5. The Labute approximate surface area is 77.4 Å². The number of rotatable bonds is 2. The van der Waals surface area contributed by atoms with Gasteiger partial charge in [-0.3, -0.25) is 0 Å². The van der Waals surface area contributed by atoms with E-state index >= 15 is 0 Å². The average molecular weight is 187 g/mol. The molecule has 0 aromatic heterocycles. The molecule has 0 radical (unpaired) electrons. The van der Waals surface area contributed by atoms with Crippen LogP contribution in [0, 0.1) is 12.7 Å². The first-order valence-corrected chi connectivity index (χ1v) is 4.48. The molecule has 0 saturated heterocycles. The largest absolute Gasteiger partial charge is 0.205 e. The quantitative estimate of drug-likeness (QED) is 0.660. The van der Waals surface area contributed by atoms with Crippen LogP contribution in [0.2, 0.25) is 5.02 Å². The minimum Gasteiger partial charge on any atom is -0.205 e. The Morgan fingerprint density at radius 1 is 1.42 bits per heavy atom. The Bertz CT molecular complexity index is 281. The lowest BCUT2D eigenvalue weighted by atomic mass is 10.0. The summed E-state index contributed by atoms with van der Waals surface area (Å²) in [5.74, 6) is -0.251. The maximum absolute atomic E-state index is 13.3. The Balaban J connectivity index is 3.14. The van der Waals surface area contributed by atoms with Crippen LogP contribution < -0.4 is 0 Å². The molecule has 0 heterocycles. The van der Waals surface area contributed by atoms with E-state index in [4.69, 9.17) is 11.6 Å². The topological polar surface area (TPSA) is 0 Å². The second-order valence-electron chi connectivity index (χ2n) is 2.91. The summed E-state index contributed by atoms with van der Waals surface area (Å²) >= 11 is 5.65. The van der Waals surface area contributed by atoms with Crippen molar-refractivity contribution in [3.05, 3.63) is 34.1 Å². The second-order valence-corrected chi connectivity index (χ2v) is 3.31. The van der Waals surface area contributed by atoms with Gasteiger partial charge in [0.05, 0.1) is 5.02 Å².